The maximum absolute atomic E-state index is 5.20. The van der Waals surface area contributed by atoms with Crippen LogP contribution in [-0.2, 0) is 0 Å². The second kappa shape index (κ2) is 5.56. The van der Waals surface area contributed by atoms with Crippen molar-refractivity contribution in [3.05, 3.63) is 18.2 Å². The highest BCUT2D eigenvalue weighted by molar-refractivity contribution is 14.1. The molecule has 0 aliphatic rings. The lowest BCUT2D eigenvalue weighted by Gasteiger charge is -2.10. The van der Waals surface area contributed by atoms with Gasteiger partial charge in [-0.25, -0.2) is 4.98 Å². The van der Waals surface area contributed by atoms with Crippen LogP contribution in [-0.4, -0.2) is 25.7 Å². The van der Waals surface area contributed by atoms with Crippen molar-refractivity contribution in [2.45, 2.75) is 0 Å². The molecular weight excluding hydrogens is 347 g/mol. The van der Waals surface area contributed by atoms with E-state index >= 15 is 0 Å². The Bertz CT molecular complexity index is 585. The van der Waals surface area contributed by atoms with Crippen molar-refractivity contribution < 1.29 is 4.74 Å². The van der Waals surface area contributed by atoms with Crippen molar-refractivity contribution in [1.29, 1.82) is 0 Å². The fourth-order valence-electron chi connectivity index (χ4n) is 1.40. The predicted octanol–water partition coefficient (Wildman–Crippen LogP) is 3.14. The zero-order chi connectivity index (χ0) is 12.3. The number of aromatic nitrogens is 1. The molecule has 2 rings (SSSR count). The van der Waals surface area contributed by atoms with Crippen molar-refractivity contribution in [1.82, 2.24) is 4.98 Å². The van der Waals surface area contributed by atoms with Gasteiger partial charge >= 0.3 is 0 Å². The molecular formula is C12H11IN2OS. The number of thiazole rings is 1. The summed E-state index contributed by atoms with van der Waals surface area (Å²) >= 11 is 3.69. The Balaban J connectivity index is 2.32. The number of hydrogen-bond acceptors (Lipinski definition) is 4. The van der Waals surface area contributed by atoms with Crippen LogP contribution in [0, 0.1) is 9.85 Å². The Labute approximate surface area is 118 Å². The van der Waals surface area contributed by atoms with Gasteiger partial charge in [0.1, 0.15) is 5.75 Å². The summed E-state index contributed by atoms with van der Waals surface area (Å²) < 4.78 is 9.19. The first-order valence-corrected chi connectivity index (χ1v) is 6.88. The van der Waals surface area contributed by atoms with Crippen LogP contribution in [0.15, 0.2) is 18.2 Å². The smallest absolute Gasteiger partial charge is 0.186 e. The van der Waals surface area contributed by atoms with E-state index in [2.05, 4.69) is 14.8 Å². The van der Waals surface area contributed by atoms with Crippen LogP contribution < -0.4 is 9.64 Å². The predicted molar refractivity (Wildman–Crippen MR) is 81.2 cm³/mol. The average molecular weight is 358 g/mol. The zero-order valence-electron chi connectivity index (χ0n) is 9.53. The van der Waals surface area contributed by atoms with E-state index in [1.54, 1.807) is 18.4 Å². The summed E-state index contributed by atoms with van der Waals surface area (Å²) in [5.74, 6) is 3.88. The van der Waals surface area contributed by atoms with Crippen molar-refractivity contribution >= 4 is 49.3 Å². The molecule has 5 heteroatoms. The summed E-state index contributed by atoms with van der Waals surface area (Å²) in [5.41, 5.74) is 1.00. The van der Waals surface area contributed by atoms with E-state index in [1.165, 1.54) is 0 Å². The minimum Gasteiger partial charge on any atom is -0.497 e. The molecule has 1 aromatic heterocycles. The molecule has 0 unspecified atom stereocenters. The Morgan fingerprint density at radius 1 is 1.53 bits per heavy atom. The molecule has 0 amide bonds. The fourth-order valence-corrected chi connectivity index (χ4v) is 2.52. The molecule has 0 radical (unpaired) electrons. The van der Waals surface area contributed by atoms with Gasteiger partial charge in [0.15, 0.2) is 5.13 Å². The van der Waals surface area contributed by atoms with Gasteiger partial charge < -0.3 is 9.64 Å². The average Bonchev–Trinajstić information content (AvgIpc) is 2.78. The van der Waals surface area contributed by atoms with E-state index in [9.17, 15) is 0 Å². The molecule has 17 heavy (non-hydrogen) atoms. The van der Waals surface area contributed by atoms with Crippen molar-refractivity contribution in [3.63, 3.8) is 0 Å². The molecule has 3 nitrogen and oxygen atoms in total. The van der Waals surface area contributed by atoms with Gasteiger partial charge in [0.25, 0.3) is 0 Å². The Kier molecular flexibility index (Phi) is 4.07. The van der Waals surface area contributed by atoms with Gasteiger partial charge in [-0.2, -0.15) is 0 Å². The second-order valence-electron chi connectivity index (χ2n) is 3.46. The van der Waals surface area contributed by atoms with Crippen molar-refractivity contribution in [2.75, 3.05) is 25.6 Å². The monoisotopic (exact) mass is 358 g/mol. The highest BCUT2D eigenvalue weighted by atomic mass is 127. The van der Waals surface area contributed by atoms with E-state index in [-0.39, 0.29) is 0 Å². The standard InChI is InChI=1S/C12H11IN2OS/c1-15(7-3-6-13)12-14-10-5-4-9(16-2)8-11(10)17-12/h4-5,8H,7H2,1-2H3. The molecule has 0 spiro atoms. The largest absolute Gasteiger partial charge is 0.497 e. The maximum atomic E-state index is 5.20. The van der Waals surface area contributed by atoms with Crippen LogP contribution in [0.3, 0.4) is 0 Å². The van der Waals surface area contributed by atoms with E-state index in [0.717, 1.165) is 21.1 Å². The molecule has 2 aromatic rings. The molecule has 0 saturated heterocycles. The van der Waals surface area contributed by atoms with E-state index in [4.69, 9.17) is 4.74 Å². The molecule has 0 N–H and O–H groups in total. The van der Waals surface area contributed by atoms with Crippen LogP contribution in [0.4, 0.5) is 5.13 Å². The molecule has 0 atom stereocenters. The summed E-state index contributed by atoms with van der Waals surface area (Å²) in [5, 5.41) is 0.979. The van der Waals surface area contributed by atoms with Gasteiger partial charge in [-0.3, -0.25) is 0 Å². The molecule has 1 heterocycles. The molecule has 0 bridgehead atoms. The van der Waals surface area contributed by atoms with Crippen LogP contribution in [0.25, 0.3) is 10.2 Å². The SMILES string of the molecule is COc1ccc2nc(N(C)CC#CI)sc2c1. The highest BCUT2D eigenvalue weighted by Crippen LogP contribution is 2.30. The van der Waals surface area contributed by atoms with E-state index < -0.39 is 0 Å². The van der Waals surface area contributed by atoms with Gasteiger partial charge in [-0.1, -0.05) is 17.3 Å². The maximum Gasteiger partial charge on any atom is 0.186 e. The number of nitrogens with zero attached hydrogens (tertiary/aromatic N) is 2. The Morgan fingerprint density at radius 3 is 3.06 bits per heavy atom. The number of fused-ring (bicyclic) bond motifs is 1. The molecule has 0 aliphatic carbocycles. The van der Waals surface area contributed by atoms with Gasteiger partial charge in [0, 0.05) is 29.6 Å². The Morgan fingerprint density at radius 2 is 2.35 bits per heavy atom. The summed E-state index contributed by atoms with van der Waals surface area (Å²) in [6.45, 7) is 0.694. The zero-order valence-corrected chi connectivity index (χ0v) is 12.5. The fraction of sp³-hybridized carbons (Fsp3) is 0.250. The van der Waals surface area contributed by atoms with Gasteiger partial charge in [0.2, 0.25) is 0 Å². The minimum absolute atomic E-state index is 0.694. The van der Waals surface area contributed by atoms with Crippen LogP contribution in [0.2, 0.25) is 0 Å². The second-order valence-corrected chi connectivity index (χ2v) is 5.01. The number of anilines is 1. The third-order valence-electron chi connectivity index (χ3n) is 2.29. The first-order valence-electron chi connectivity index (χ1n) is 4.99. The van der Waals surface area contributed by atoms with Crippen LogP contribution in [0.1, 0.15) is 0 Å². The highest BCUT2D eigenvalue weighted by Gasteiger charge is 2.08. The molecule has 88 valence electrons. The Hall–Kier alpha value is -1.00. The lowest BCUT2D eigenvalue weighted by Crippen LogP contribution is -2.16. The molecule has 1 aromatic carbocycles. The first kappa shape index (κ1) is 12.5. The van der Waals surface area contributed by atoms with Crippen LogP contribution in [0.5, 0.6) is 5.75 Å². The van der Waals surface area contributed by atoms with Crippen LogP contribution >= 0.6 is 33.9 Å². The summed E-state index contributed by atoms with van der Waals surface area (Å²) in [4.78, 5) is 6.60. The van der Waals surface area contributed by atoms with Gasteiger partial charge in [-0.15, -0.1) is 0 Å². The number of benzene rings is 1. The topological polar surface area (TPSA) is 25.4 Å². The van der Waals surface area contributed by atoms with Gasteiger partial charge in [-0.05, 0) is 22.1 Å². The third kappa shape index (κ3) is 2.82. The number of methoxy groups -OCH3 is 1. The van der Waals surface area contributed by atoms with Crippen molar-refractivity contribution in [3.8, 4) is 15.6 Å². The number of rotatable bonds is 3. The van der Waals surface area contributed by atoms with E-state index in [1.807, 2.05) is 52.7 Å². The lowest BCUT2D eigenvalue weighted by atomic mass is 10.3. The molecule has 0 saturated carbocycles. The number of hydrogen-bond donors (Lipinski definition) is 0. The first-order chi connectivity index (χ1) is 8.24. The normalized spacial score (nSPS) is 9.82. The van der Waals surface area contributed by atoms with Gasteiger partial charge in [0.05, 0.1) is 23.9 Å². The summed E-state index contributed by atoms with van der Waals surface area (Å²) in [7, 11) is 3.67. The van der Waals surface area contributed by atoms with E-state index in [0.29, 0.717) is 6.54 Å². The molecule has 0 fully saturated rings. The minimum atomic E-state index is 0.694. The third-order valence-corrected chi connectivity index (χ3v) is 3.81. The number of halogens is 1. The lowest BCUT2D eigenvalue weighted by molar-refractivity contribution is 0.415. The summed E-state index contributed by atoms with van der Waals surface area (Å²) in [6.07, 6.45) is 0. The summed E-state index contributed by atoms with van der Waals surface area (Å²) in [6, 6.07) is 5.91. The number of ether oxygens (including phenoxy) is 1. The van der Waals surface area contributed by atoms with Crippen molar-refractivity contribution in [2.24, 2.45) is 0 Å². The quantitative estimate of drug-likeness (QED) is 0.623. The molecule has 0 aliphatic heterocycles.